The quantitative estimate of drug-likeness (QED) is 0.815. The van der Waals surface area contributed by atoms with E-state index >= 15 is 0 Å². The van der Waals surface area contributed by atoms with Gasteiger partial charge in [-0.05, 0) is 23.8 Å². The number of aliphatic imine (C=N–C) groups is 1. The number of carbonyl (C=O) groups is 1. The largest absolute Gasteiger partial charge is 0.495 e. The van der Waals surface area contributed by atoms with Crippen molar-refractivity contribution in [3.8, 4) is 11.5 Å². The lowest BCUT2D eigenvalue weighted by atomic mass is 10.0. The number of fused-ring (bicyclic) bond motifs is 1. The molecule has 5 nitrogen and oxygen atoms in total. The maximum atomic E-state index is 12.2. The molecular formula is C17H14Cl2N2O3. The van der Waals surface area contributed by atoms with Gasteiger partial charge in [-0.25, -0.2) is 0 Å². The van der Waals surface area contributed by atoms with E-state index in [1.54, 1.807) is 36.5 Å². The molecular weight excluding hydrogens is 351 g/mol. The molecule has 1 amide bonds. The van der Waals surface area contributed by atoms with Gasteiger partial charge in [0.05, 0.1) is 19.2 Å². The second-order valence-electron chi connectivity index (χ2n) is 5.14. The Balaban J connectivity index is 1.97. The van der Waals surface area contributed by atoms with Crippen molar-refractivity contribution in [1.82, 2.24) is 0 Å². The maximum absolute atomic E-state index is 12.2. The third-order valence-electron chi connectivity index (χ3n) is 3.71. The topological polar surface area (TPSA) is 59.9 Å². The summed E-state index contributed by atoms with van der Waals surface area (Å²) in [4.78, 5) is 16.6. The van der Waals surface area contributed by atoms with Crippen LogP contribution < -0.4 is 14.8 Å². The zero-order chi connectivity index (χ0) is 17.3. The highest BCUT2D eigenvalue weighted by Crippen LogP contribution is 2.39. The molecule has 2 aromatic rings. The maximum Gasteiger partial charge on any atom is 0.237 e. The van der Waals surface area contributed by atoms with Crippen molar-refractivity contribution in [3.63, 3.8) is 0 Å². The number of carbonyl (C=O) groups excluding carboxylic acids is 1. The van der Waals surface area contributed by atoms with Crippen LogP contribution in [0.25, 0.3) is 0 Å². The van der Waals surface area contributed by atoms with Gasteiger partial charge in [0.1, 0.15) is 23.1 Å². The molecule has 3 rings (SSSR count). The molecule has 0 aliphatic carbocycles. The summed E-state index contributed by atoms with van der Waals surface area (Å²) in [6, 6.07) is 8.53. The molecule has 0 saturated carbocycles. The number of amides is 1. The van der Waals surface area contributed by atoms with E-state index in [1.807, 2.05) is 0 Å². The monoisotopic (exact) mass is 364 g/mol. The third kappa shape index (κ3) is 3.05. The minimum Gasteiger partial charge on any atom is -0.495 e. The molecule has 1 heterocycles. The molecule has 1 aliphatic rings. The number of methoxy groups -OCH3 is 2. The first-order chi connectivity index (χ1) is 11.5. The van der Waals surface area contributed by atoms with Crippen LogP contribution in [-0.4, -0.2) is 26.3 Å². The predicted molar refractivity (Wildman–Crippen MR) is 95.5 cm³/mol. The minimum absolute atomic E-state index is 0.157. The van der Waals surface area contributed by atoms with Crippen molar-refractivity contribution < 1.29 is 14.3 Å². The molecule has 1 aliphatic heterocycles. The summed E-state index contributed by atoms with van der Waals surface area (Å²) in [6.45, 7) is 0. The molecule has 0 bridgehead atoms. The molecule has 2 aromatic carbocycles. The Bertz CT molecular complexity index is 837. The summed E-state index contributed by atoms with van der Waals surface area (Å²) in [5, 5.41) is 3.79. The first-order valence-corrected chi connectivity index (χ1v) is 7.85. The summed E-state index contributed by atoms with van der Waals surface area (Å²) in [5.74, 6) is 0.284. The molecule has 124 valence electrons. The van der Waals surface area contributed by atoms with Gasteiger partial charge in [0.2, 0.25) is 5.91 Å². The van der Waals surface area contributed by atoms with Gasteiger partial charge in [-0.1, -0.05) is 23.2 Å². The van der Waals surface area contributed by atoms with Crippen LogP contribution in [0.4, 0.5) is 11.4 Å². The summed E-state index contributed by atoms with van der Waals surface area (Å²) in [6.07, 6.45) is 1.56. The Morgan fingerprint density at radius 1 is 1.12 bits per heavy atom. The van der Waals surface area contributed by atoms with E-state index in [9.17, 15) is 4.79 Å². The highest BCUT2D eigenvalue weighted by atomic mass is 35.5. The number of hydrogen-bond donors (Lipinski definition) is 1. The van der Waals surface area contributed by atoms with Crippen LogP contribution >= 0.6 is 23.2 Å². The van der Waals surface area contributed by atoms with Crippen molar-refractivity contribution in [2.45, 2.75) is 5.92 Å². The van der Waals surface area contributed by atoms with Crippen LogP contribution in [0.2, 0.25) is 10.0 Å². The number of rotatable bonds is 4. The van der Waals surface area contributed by atoms with Gasteiger partial charge in [0.25, 0.3) is 0 Å². The second-order valence-corrected chi connectivity index (χ2v) is 5.98. The predicted octanol–water partition coefficient (Wildman–Crippen LogP) is 4.45. The molecule has 7 heteroatoms. The fourth-order valence-corrected chi connectivity index (χ4v) is 2.92. The van der Waals surface area contributed by atoms with Gasteiger partial charge < -0.3 is 14.8 Å². The molecule has 1 atom stereocenters. The molecule has 0 saturated heterocycles. The first kappa shape index (κ1) is 16.6. The fourth-order valence-electron chi connectivity index (χ4n) is 2.50. The van der Waals surface area contributed by atoms with Gasteiger partial charge in [-0.3, -0.25) is 9.79 Å². The molecule has 0 spiro atoms. The fraction of sp³-hybridized carbons (Fsp3) is 0.176. The Morgan fingerprint density at radius 2 is 1.88 bits per heavy atom. The first-order valence-electron chi connectivity index (χ1n) is 7.09. The molecule has 1 N–H and O–H groups in total. The van der Waals surface area contributed by atoms with Crippen molar-refractivity contribution in [1.29, 1.82) is 0 Å². The summed E-state index contributed by atoms with van der Waals surface area (Å²) < 4.78 is 10.5. The van der Waals surface area contributed by atoms with Gasteiger partial charge in [-0.2, -0.15) is 0 Å². The summed E-state index contributed by atoms with van der Waals surface area (Å²) in [5.41, 5.74) is 2.04. The number of nitrogens with one attached hydrogen (secondary N) is 1. The lowest BCUT2D eigenvalue weighted by Crippen LogP contribution is -2.12. The summed E-state index contributed by atoms with van der Waals surface area (Å²) >= 11 is 12.1. The van der Waals surface area contributed by atoms with Crippen LogP contribution in [0.15, 0.2) is 35.3 Å². The second kappa shape index (κ2) is 6.71. The molecule has 1 unspecified atom stereocenters. The highest BCUT2D eigenvalue weighted by molar-refractivity contribution is 6.32. The van der Waals surface area contributed by atoms with Gasteiger partial charge >= 0.3 is 0 Å². The van der Waals surface area contributed by atoms with Gasteiger partial charge in [-0.15, -0.1) is 0 Å². The van der Waals surface area contributed by atoms with Crippen LogP contribution in [0.1, 0.15) is 11.5 Å². The van der Waals surface area contributed by atoms with Crippen molar-refractivity contribution in [2.75, 3.05) is 19.5 Å². The lowest BCUT2D eigenvalue weighted by Gasteiger charge is -2.09. The average Bonchev–Trinajstić information content (AvgIpc) is 2.88. The van der Waals surface area contributed by atoms with Crippen molar-refractivity contribution in [2.24, 2.45) is 4.99 Å². The molecule has 24 heavy (non-hydrogen) atoms. The van der Waals surface area contributed by atoms with E-state index in [4.69, 9.17) is 32.7 Å². The van der Waals surface area contributed by atoms with E-state index in [0.29, 0.717) is 27.2 Å². The molecule has 0 fully saturated rings. The standard InChI is InChI=1S/C17H14Cl2N2O3/c1-23-15-7-14(16(24-2)6-12(15)19)20-8-11-10-5-9(18)3-4-13(10)21-17(11)22/h3-8,11H,1-2H3,(H,21,22). The zero-order valence-corrected chi connectivity index (χ0v) is 14.5. The third-order valence-corrected chi connectivity index (χ3v) is 4.24. The summed E-state index contributed by atoms with van der Waals surface area (Å²) in [7, 11) is 3.04. The number of anilines is 1. The minimum atomic E-state index is -0.523. The number of halogens is 2. The van der Waals surface area contributed by atoms with E-state index in [0.717, 1.165) is 11.3 Å². The van der Waals surface area contributed by atoms with E-state index in [-0.39, 0.29) is 5.91 Å². The van der Waals surface area contributed by atoms with Crippen molar-refractivity contribution >= 4 is 46.7 Å². The number of nitrogens with zero attached hydrogens (tertiary/aromatic N) is 1. The van der Waals surface area contributed by atoms with Crippen LogP contribution in [0, 0.1) is 0 Å². The van der Waals surface area contributed by atoms with E-state index < -0.39 is 5.92 Å². The number of ether oxygens (including phenoxy) is 2. The Morgan fingerprint density at radius 3 is 2.58 bits per heavy atom. The van der Waals surface area contributed by atoms with E-state index in [2.05, 4.69) is 10.3 Å². The zero-order valence-electron chi connectivity index (χ0n) is 13.0. The van der Waals surface area contributed by atoms with E-state index in [1.165, 1.54) is 14.2 Å². The van der Waals surface area contributed by atoms with Crippen LogP contribution in [0.3, 0.4) is 0 Å². The van der Waals surface area contributed by atoms with Gasteiger partial charge in [0.15, 0.2) is 0 Å². The van der Waals surface area contributed by atoms with Crippen LogP contribution in [-0.2, 0) is 4.79 Å². The Hall–Kier alpha value is -2.24. The van der Waals surface area contributed by atoms with Crippen molar-refractivity contribution in [3.05, 3.63) is 45.9 Å². The highest BCUT2D eigenvalue weighted by Gasteiger charge is 2.29. The van der Waals surface area contributed by atoms with Gasteiger partial charge in [0, 0.05) is 29.1 Å². The average molecular weight is 365 g/mol. The smallest absolute Gasteiger partial charge is 0.237 e. The molecule has 0 radical (unpaired) electrons. The lowest BCUT2D eigenvalue weighted by molar-refractivity contribution is -0.115. The Kier molecular flexibility index (Phi) is 4.64. The number of benzene rings is 2. The molecule has 0 aromatic heterocycles. The van der Waals surface area contributed by atoms with Crippen LogP contribution in [0.5, 0.6) is 11.5 Å². The SMILES string of the molecule is COc1cc(N=CC2C(=O)Nc3ccc(Cl)cc32)c(OC)cc1Cl. The Labute approximate surface area is 149 Å². The normalized spacial score (nSPS) is 16.2. The number of hydrogen-bond acceptors (Lipinski definition) is 4.